The molecule has 48 heavy (non-hydrogen) atoms. The number of amides is 6. The summed E-state index contributed by atoms with van der Waals surface area (Å²) in [5.74, 6) is 0. The summed E-state index contributed by atoms with van der Waals surface area (Å²) < 4.78 is 37.2. The summed E-state index contributed by atoms with van der Waals surface area (Å²) in [5, 5.41) is 10.5. The maximum absolute atomic E-state index is 12.4. The van der Waals surface area contributed by atoms with Gasteiger partial charge in [0.25, 0.3) is 0 Å². The molecule has 3 aromatic rings. The number of hydrogen-bond acceptors (Lipinski definition) is 4. The van der Waals surface area contributed by atoms with Crippen molar-refractivity contribution >= 4 is 81.6 Å². The summed E-state index contributed by atoms with van der Waals surface area (Å²) in [6.45, 7) is 2.83. The zero-order chi connectivity index (χ0) is 36.6. The van der Waals surface area contributed by atoms with Crippen LogP contribution in [0.15, 0.2) is 60.7 Å². The summed E-state index contributed by atoms with van der Waals surface area (Å²) in [5.41, 5.74) is 0.612. The van der Waals surface area contributed by atoms with Gasteiger partial charge < -0.3 is 20.9 Å². The molecule has 0 aromatic heterocycles. The second-order valence-electron chi connectivity index (χ2n) is 9.74. The highest BCUT2D eigenvalue weighted by molar-refractivity contribution is 6.42. The average Bonchev–Trinajstić information content (AvgIpc) is 3.06. The minimum atomic E-state index is -4.40. The fourth-order valence-electron chi connectivity index (χ4n) is 3.32. The quantitative estimate of drug-likeness (QED) is 0.209. The van der Waals surface area contributed by atoms with Crippen molar-refractivity contribution in [2.45, 2.75) is 25.9 Å². The molecule has 0 aliphatic carbocycles. The van der Waals surface area contributed by atoms with Crippen molar-refractivity contribution in [1.29, 1.82) is 0 Å². The summed E-state index contributed by atoms with van der Waals surface area (Å²) >= 11 is 23.2. The Balaban J connectivity index is 0.000000361. The fraction of sp³-hybridized carbons (Fsp3) is 0.323. The number of carbonyl (C=O) groups is 3. The highest BCUT2D eigenvalue weighted by Crippen LogP contribution is 2.31. The lowest BCUT2D eigenvalue weighted by Gasteiger charge is -2.18. The maximum atomic E-state index is 12.4. The lowest BCUT2D eigenvalue weighted by molar-refractivity contribution is -0.137. The molecule has 0 unspecified atom stereocenters. The SMILES string of the molecule is CCCCN(C)C(=O)Nc1ccc(Cl)c(Cl)c1.CNC(=O)N(C)c1cccc(C(F)(F)F)c1.CON(C)C(=O)Nc1ccc(Cl)c(Cl)c1. The molecule has 0 saturated heterocycles. The van der Waals surface area contributed by atoms with Crippen molar-refractivity contribution in [1.82, 2.24) is 15.3 Å². The van der Waals surface area contributed by atoms with E-state index < -0.39 is 23.8 Å². The number of alkyl halides is 3. The van der Waals surface area contributed by atoms with Gasteiger partial charge in [-0.3, -0.25) is 9.74 Å². The molecule has 0 saturated carbocycles. The van der Waals surface area contributed by atoms with Crippen LogP contribution >= 0.6 is 46.4 Å². The number of unbranched alkanes of at least 4 members (excludes halogenated alkanes) is 1. The second kappa shape index (κ2) is 20.7. The minimum Gasteiger partial charge on any atom is -0.341 e. The van der Waals surface area contributed by atoms with E-state index in [4.69, 9.17) is 51.2 Å². The predicted molar refractivity (Wildman–Crippen MR) is 188 cm³/mol. The topological polar surface area (TPSA) is 106 Å². The number of nitrogens with zero attached hydrogens (tertiary/aromatic N) is 3. The smallest absolute Gasteiger partial charge is 0.341 e. The molecule has 0 bridgehead atoms. The Morgan fingerprint density at radius 1 is 0.771 bits per heavy atom. The van der Waals surface area contributed by atoms with Gasteiger partial charge in [-0.1, -0.05) is 65.8 Å². The molecule has 6 amide bonds. The molecule has 17 heteroatoms. The molecule has 3 rings (SSSR count). The van der Waals surface area contributed by atoms with Crippen LogP contribution in [0.3, 0.4) is 0 Å². The van der Waals surface area contributed by atoms with E-state index in [1.54, 1.807) is 48.3 Å². The third kappa shape index (κ3) is 14.7. The zero-order valence-corrected chi connectivity index (χ0v) is 30.0. The van der Waals surface area contributed by atoms with Crippen molar-refractivity contribution in [3.05, 3.63) is 86.3 Å². The van der Waals surface area contributed by atoms with Crippen molar-refractivity contribution < 1.29 is 32.4 Å². The number of nitrogens with one attached hydrogen (secondary N) is 3. The Morgan fingerprint density at radius 2 is 1.29 bits per heavy atom. The Kier molecular flexibility index (Phi) is 18.3. The van der Waals surface area contributed by atoms with Gasteiger partial charge in [0.15, 0.2) is 0 Å². The van der Waals surface area contributed by atoms with E-state index in [9.17, 15) is 27.6 Å². The average molecular weight is 756 g/mol. The maximum Gasteiger partial charge on any atom is 0.416 e. The van der Waals surface area contributed by atoms with Crippen molar-refractivity contribution in [2.75, 3.05) is 57.4 Å². The molecule has 0 spiro atoms. The lowest BCUT2D eigenvalue weighted by atomic mass is 10.2. The first-order chi connectivity index (χ1) is 22.4. The van der Waals surface area contributed by atoms with E-state index in [-0.39, 0.29) is 11.7 Å². The number of benzene rings is 3. The normalized spacial score (nSPS) is 10.4. The van der Waals surface area contributed by atoms with Crippen LogP contribution in [0.25, 0.3) is 0 Å². The van der Waals surface area contributed by atoms with E-state index in [2.05, 4.69) is 22.9 Å². The highest BCUT2D eigenvalue weighted by atomic mass is 35.5. The number of urea groups is 3. The van der Waals surface area contributed by atoms with Crippen LogP contribution < -0.4 is 20.9 Å². The summed E-state index contributed by atoms with van der Waals surface area (Å²) in [4.78, 5) is 41.8. The van der Waals surface area contributed by atoms with Crippen LogP contribution in [0.1, 0.15) is 25.3 Å². The van der Waals surface area contributed by atoms with E-state index in [0.29, 0.717) is 31.5 Å². The molecule has 0 atom stereocenters. The van der Waals surface area contributed by atoms with E-state index in [1.165, 1.54) is 40.4 Å². The first-order valence-electron chi connectivity index (χ1n) is 14.1. The minimum absolute atomic E-state index is 0.142. The van der Waals surface area contributed by atoms with Gasteiger partial charge in [-0.15, -0.1) is 0 Å². The van der Waals surface area contributed by atoms with Gasteiger partial charge in [0, 0.05) is 51.8 Å². The molecule has 0 radical (unpaired) electrons. The van der Waals surface area contributed by atoms with Crippen molar-refractivity contribution in [3.8, 4) is 0 Å². The highest BCUT2D eigenvalue weighted by Gasteiger charge is 2.30. The number of hydrogen-bond donors (Lipinski definition) is 3. The first kappa shape index (κ1) is 42.4. The van der Waals surface area contributed by atoms with E-state index in [0.717, 1.165) is 41.5 Å². The summed E-state index contributed by atoms with van der Waals surface area (Å²) in [6, 6.07) is 13.4. The van der Waals surface area contributed by atoms with Gasteiger partial charge >= 0.3 is 24.3 Å². The predicted octanol–water partition coefficient (Wildman–Crippen LogP) is 9.76. The molecule has 10 nitrogen and oxygen atoms in total. The largest absolute Gasteiger partial charge is 0.416 e. The van der Waals surface area contributed by atoms with E-state index >= 15 is 0 Å². The standard InChI is InChI=1S/C12H16Cl2N2O.C10H11F3N2O.C9H10Cl2N2O2/c1-3-4-7-16(2)12(17)15-9-5-6-10(13)11(14)8-9;1-14-9(16)15(2)8-5-3-4-7(6-8)10(11,12)13;1-13(15-2)9(14)12-6-3-4-7(10)8(11)5-6/h5-6,8H,3-4,7H2,1-2H3,(H,15,17);3-6H,1-2H3,(H,14,16);3-5H,1-2H3,(H,12,14). The molecular weight excluding hydrogens is 719 g/mol. The van der Waals surface area contributed by atoms with Gasteiger partial charge in [0.05, 0.1) is 32.8 Å². The van der Waals surface area contributed by atoms with Crippen molar-refractivity contribution in [3.63, 3.8) is 0 Å². The molecule has 0 aliphatic rings. The first-order valence-corrected chi connectivity index (χ1v) is 15.6. The van der Waals surface area contributed by atoms with Crippen molar-refractivity contribution in [2.24, 2.45) is 0 Å². The molecular formula is C31H37Cl4F3N6O4. The number of rotatable bonds is 7. The molecule has 3 aromatic carbocycles. The molecule has 0 heterocycles. The van der Waals surface area contributed by atoms with Crippen LogP contribution in [0.4, 0.5) is 44.6 Å². The van der Waals surface area contributed by atoms with Crippen LogP contribution in [0.2, 0.25) is 20.1 Å². The van der Waals surface area contributed by atoms with Crippen LogP contribution in [0, 0.1) is 0 Å². The van der Waals surface area contributed by atoms with Gasteiger partial charge in [0.2, 0.25) is 0 Å². The Bertz CT molecular complexity index is 1520. The van der Waals surface area contributed by atoms with Crippen LogP contribution in [0.5, 0.6) is 0 Å². The summed E-state index contributed by atoms with van der Waals surface area (Å²) in [7, 11) is 7.46. The molecule has 0 aliphatic heterocycles. The second-order valence-corrected chi connectivity index (χ2v) is 11.4. The number of carbonyl (C=O) groups excluding carboxylic acids is 3. The summed E-state index contributed by atoms with van der Waals surface area (Å²) in [6.07, 6.45) is -2.35. The van der Waals surface area contributed by atoms with Crippen LogP contribution in [-0.4, -0.2) is 69.9 Å². The van der Waals surface area contributed by atoms with Gasteiger partial charge in [-0.2, -0.15) is 13.2 Å². The fourth-order valence-corrected chi connectivity index (χ4v) is 3.92. The van der Waals surface area contributed by atoms with E-state index in [1.807, 2.05) is 0 Å². The zero-order valence-electron chi connectivity index (χ0n) is 27.0. The molecule has 0 fully saturated rings. The Morgan fingerprint density at radius 3 is 1.73 bits per heavy atom. The van der Waals surface area contributed by atoms with Crippen LogP contribution in [-0.2, 0) is 11.0 Å². The molecule has 264 valence electrons. The Hall–Kier alpha value is -3.62. The third-order valence-corrected chi connectivity index (χ3v) is 7.65. The number of anilines is 3. The Labute approximate surface area is 297 Å². The monoisotopic (exact) mass is 754 g/mol. The lowest BCUT2D eigenvalue weighted by Crippen LogP contribution is -2.34. The van der Waals surface area contributed by atoms with Gasteiger partial charge in [0.1, 0.15) is 0 Å². The number of halogens is 7. The van der Waals surface area contributed by atoms with Gasteiger partial charge in [-0.05, 0) is 61.0 Å². The number of hydroxylamine groups is 2. The van der Waals surface area contributed by atoms with Gasteiger partial charge in [-0.25, -0.2) is 19.4 Å². The molecule has 3 N–H and O–H groups in total. The third-order valence-electron chi connectivity index (χ3n) is 6.17.